The van der Waals surface area contributed by atoms with Crippen LogP contribution in [0.5, 0.6) is 0 Å². The van der Waals surface area contributed by atoms with Crippen LogP contribution in [0.4, 0.5) is 5.82 Å². The van der Waals surface area contributed by atoms with Crippen LogP contribution >= 0.6 is 0 Å². The normalized spacial score (nSPS) is 14.4. The van der Waals surface area contributed by atoms with Crippen LogP contribution in [0.3, 0.4) is 0 Å². The third-order valence-electron chi connectivity index (χ3n) is 3.10. The summed E-state index contributed by atoms with van der Waals surface area (Å²) in [6, 6.07) is 10.1. The number of benzene rings is 1. The molecule has 0 aliphatic carbocycles. The topological polar surface area (TPSA) is 45.1 Å². The lowest BCUT2D eigenvalue weighted by Gasteiger charge is -2.23. The molecule has 1 aromatic carbocycles. The van der Waals surface area contributed by atoms with Crippen LogP contribution in [0.2, 0.25) is 0 Å². The second-order valence-electron chi connectivity index (χ2n) is 4.98. The van der Waals surface area contributed by atoms with Gasteiger partial charge in [0.2, 0.25) is 0 Å². The third-order valence-corrected chi connectivity index (χ3v) is 3.10. The van der Waals surface area contributed by atoms with E-state index >= 15 is 0 Å². The van der Waals surface area contributed by atoms with E-state index in [0.29, 0.717) is 6.54 Å². The first-order valence-corrected chi connectivity index (χ1v) is 6.42. The van der Waals surface area contributed by atoms with Crippen LogP contribution < -0.4 is 5.32 Å². The van der Waals surface area contributed by atoms with E-state index in [9.17, 15) is 5.11 Å². The monoisotopic (exact) mass is 244 g/mol. The molecule has 0 amide bonds. The number of aromatic nitrogens is 1. The quantitative estimate of drug-likeness (QED) is 0.849. The van der Waals surface area contributed by atoms with Gasteiger partial charge in [-0.2, -0.15) is 0 Å². The predicted octanol–water partition coefficient (Wildman–Crippen LogP) is 3.20. The van der Waals surface area contributed by atoms with E-state index in [1.54, 1.807) is 6.20 Å². The zero-order chi connectivity index (χ0) is 13.0. The maximum Gasteiger partial charge on any atom is 0.133 e. The molecule has 18 heavy (non-hydrogen) atoms. The highest BCUT2D eigenvalue weighted by atomic mass is 16.3. The molecular weight excluding hydrogens is 224 g/mol. The third kappa shape index (κ3) is 2.99. The SMILES string of the molecule is CCCC(C)(O)CNc1nccc2ccccc12. The molecule has 0 spiro atoms. The Kier molecular flexibility index (Phi) is 3.82. The second kappa shape index (κ2) is 5.36. The minimum Gasteiger partial charge on any atom is -0.388 e. The summed E-state index contributed by atoms with van der Waals surface area (Å²) in [5.41, 5.74) is -0.687. The smallest absolute Gasteiger partial charge is 0.133 e. The highest BCUT2D eigenvalue weighted by molar-refractivity contribution is 5.91. The first kappa shape index (κ1) is 12.8. The number of fused-ring (bicyclic) bond motifs is 1. The van der Waals surface area contributed by atoms with E-state index in [1.165, 1.54) is 0 Å². The van der Waals surface area contributed by atoms with E-state index in [2.05, 4.69) is 23.3 Å². The van der Waals surface area contributed by atoms with E-state index in [1.807, 2.05) is 31.2 Å². The molecule has 3 heteroatoms. The number of hydrogen-bond donors (Lipinski definition) is 2. The van der Waals surface area contributed by atoms with E-state index < -0.39 is 5.60 Å². The van der Waals surface area contributed by atoms with Gasteiger partial charge in [-0.1, -0.05) is 37.6 Å². The molecule has 0 bridgehead atoms. The van der Waals surface area contributed by atoms with Crippen LogP contribution in [0.25, 0.3) is 10.8 Å². The van der Waals surface area contributed by atoms with Crippen LogP contribution in [0, 0.1) is 0 Å². The number of rotatable bonds is 5. The number of aliphatic hydroxyl groups is 1. The molecule has 0 aliphatic rings. The zero-order valence-corrected chi connectivity index (χ0v) is 11.0. The van der Waals surface area contributed by atoms with Crippen molar-refractivity contribution < 1.29 is 5.11 Å². The predicted molar refractivity (Wildman–Crippen MR) is 75.8 cm³/mol. The van der Waals surface area contributed by atoms with Gasteiger partial charge in [0.1, 0.15) is 5.82 Å². The van der Waals surface area contributed by atoms with Gasteiger partial charge in [-0.05, 0) is 24.8 Å². The molecule has 1 unspecified atom stereocenters. The minimum atomic E-state index is -0.687. The van der Waals surface area contributed by atoms with Crippen molar-refractivity contribution in [2.75, 3.05) is 11.9 Å². The average Bonchev–Trinajstić information content (AvgIpc) is 2.36. The molecule has 1 atom stereocenters. The van der Waals surface area contributed by atoms with Gasteiger partial charge in [-0.15, -0.1) is 0 Å². The first-order chi connectivity index (χ1) is 8.62. The summed E-state index contributed by atoms with van der Waals surface area (Å²) in [6.07, 6.45) is 3.54. The summed E-state index contributed by atoms with van der Waals surface area (Å²) >= 11 is 0. The molecule has 96 valence electrons. The maximum atomic E-state index is 10.2. The molecule has 2 rings (SSSR count). The molecule has 1 heterocycles. The highest BCUT2D eigenvalue weighted by Gasteiger charge is 2.19. The summed E-state index contributed by atoms with van der Waals surface area (Å²) in [5, 5.41) is 15.7. The maximum absolute atomic E-state index is 10.2. The van der Waals surface area contributed by atoms with Gasteiger partial charge in [-0.3, -0.25) is 0 Å². The van der Waals surface area contributed by atoms with E-state index in [0.717, 1.165) is 29.4 Å². The molecule has 0 saturated carbocycles. The Hall–Kier alpha value is -1.61. The Morgan fingerprint density at radius 1 is 1.28 bits per heavy atom. The summed E-state index contributed by atoms with van der Waals surface area (Å²) in [7, 11) is 0. The van der Waals surface area contributed by atoms with Crippen molar-refractivity contribution in [1.29, 1.82) is 0 Å². The van der Waals surface area contributed by atoms with Gasteiger partial charge in [0.25, 0.3) is 0 Å². The number of nitrogens with one attached hydrogen (secondary N) is 1. The van der Waals surface area contributed by atoms with Gasteiger partial charge in [-0.25, -0.2) is 4.98 Å². The van der Waals surface area contributed by atoms with Crippen molar-refractivity contribution in [2.24, 2.45) is 0 Å². The van der Waals surface area contributed by atoms with Crippen LogP contribution in [0.15, 0.2) is 36.5 Å². The fourth-order valence-corrected chi connectivity index (χ4v) is 2.16. The van der Waals surface area contributed by atoms with E-state index in [4.69, 9.17) is 0 Å². The number of nitrogens with zero attached hydrogens (tertiary/aromatic N) is 1. The van der Waals surface area contributed by atoms with Crippen molar-refractivity contribution in [1.82, 2.24) is 4.98 Å². The van der Waals surface area contributed by atoms with Crippen molar-refractivity contribution >= 4 is 16.6 Å². The Balaban J connectivity index is 2.17. The summed E-state index contributed by atoms with van der Waals surface area (Å²) in [4.78, 5) is 4.35. The molecule has 0 radical (unpaired) electrons. The summed E-state index contributed by atoms with van der Waals surface area (Å²) in [6.45, 7) is 4.45. The summed E-state index contributed by atoms with van der Waals surface area (Å²) < 4.78 is 0. The highest BCUT2D eigenvalue weighted by Crippen LogP contribution is 2.21. The molecule has 3 nitrogen and oxygen atoms in total. The Morgan fingerprint density at radius 2 is 2.06 bits per heavy atom. The molecule has 1 aromatic heterocycles. The van der Waals surface area contributed by atoms with E-state index in [-0.39, 0.29) is 0 Å². The van der Waals surface area contributed by atoms with Crippen LogP contribution in [-0.4, -0.2) is 22.2 Å². The lowest BCUT2D eigenvalue weighted by molar-refractivity contribution is 0.0636. The molecule has 2 N–H and O–H groups in total. The average molecular weight is 244 g/mol. The molecule has 0 aliphatic heterocycles. The molecule has 0 fully saturated rings. The Bertz CT molecular complexity index is 517. The van der Waals surface area contributed by atoms with Crippen molar-refractivity contribution in [3.63, 3.8) is 0 Å². The van der Waals surface area contributed by atoms with Crippen LogP contribution in [-0.2, 0) is 0 Å². The summed E-state index contributed by atoms with van der Waals surface area (Å²) in [5.74, 6) is 0.837. The Morgan fingerprint density at radius 3 is 2.83 bits per heavy atom. The Labute approximate surface area is 108 Å². The largest absolute Gasteiger partial charge is 0.388 e. The number of hydrogen-bond acceptors (Lipinski definition) is 3. The van der Waals surface area contributed by atoms with Crippen molar-refractivity contribution in [2.45, 2.75) is 32.3 Å². The second-order valence-corrected chi connectivity index (χ2v) is 4.98. The number of anilines is 1. The van der Waals surface area contributed by atoms with Gasteiger partial charge in [0.05, 0.1) is 5.60 Å². The minimum absolute atomic E-state index is 0.516. The molecule has 2 aromatic rings. The lowest BCUT2D eigenvalue weighted by Crippen LogP contribution is -2.33. The fourth-order valence-electron chi connectivity index (χ4n) is 2.16. The van der Waals surface area contributed by atoms with Gasteiger partial charge >= 0.3 is 0 Å². The van der Waals surface area contributed by atoms with Gasteiger partial charge in [0.15, 0.2) is 0 Å². The first-order valence-electron chi connectivity index (χ1n) is 6.42. The van der Waals surface area contributed by atoms with Gasteiger partial charge < -0.3 is 10.4 Å². The lowest BCUT2D eigenvalue weighted by atomic mass is 10.0. The number of pyridine rings is 1. The zero-order valence-electron chi connectivity index (χ0n) is 11.0. The standard InChI is InChI=1S/C15H20N2O/c1-3-9-15(2,18)11-17-14-13-7-5-4-6-12(13)8-10-16-14/h4-8,10,18H,3,9,11H2,1-2H3,(H,16,17). The van der Waals surface area contributed by atoms with Gasteiger partial charge in [0, 0.05) is 18.1 Å². The fraction of sp³-hybridized carbons (Fsp3) is 0.400. The molecular formula is C15H20N2O. The van der Waals surface area contributed by atoms with Crippen molar-refractivity contribution in [3.05, 3.63) is 36.5 Å². The van der Waals surface area contributed by atoms with Crippen molar-refractivity contribution in [3.8, 4) is 0 Å². The van der Waals surface area contributed by atoms with Crippen LogP contribution in [0.1, 0.15) is 26.7 Å². The molecule has 0 saturated heterocycles.